The summed E-state index contributed by atoms with van der Waals surface area (Å²) in [5.74, 6) is 0.442. The highest BCUT2D eigenvalue weighted by atomic mass is 35.5. The van der Waals surface area contributed by atoms with Gasteiger partial charge in [-0.1, -0.05) is 23.7 Å². The van der Waals surface area contributed by atoms with Gasteiger partial charge in [0.05, 0.1) is 18.9 Å². The Kier molecular flexibility index (Phi) is 4.50. The molecule has 0 bridgehead atoms. The third kappa shape index (κ3) is 3.24. The summed E-state index contributed by atoms with van der Waals surface area (Å²) in [6, 6.07) is 15.2. The van der Waals surface area contributed by atoms with E-state index >= 15 is 0 Å². The second kappa shape index (κ2) is 6.97. The van der Waals surface area contributed by atoms with E-state index in [1.54, 1.807) is 12.3 Å². The number of aromatic nitrogens is 1. The van der Waals surface area contributed by atoms with Crippen LogP contribution in [0.1, 0.15) is 27.2 Å². The molecule has 4 nitrogen and oxygen atoms in total. The fourth-order valence-corrected chi connectivity index (χ4v) is 3.58. The van der Waals surface area contributed by atoms with Gasteiger partial charge in [0.1, 0.15) is 5.76 Å². The minimum absolute atomic E-state index is 0.345. The van der Waals surface area contributed by atoms with Crippen molar-refractivity contribution in [2.45, 2.75) is 13.3 Å². The third-order valence-corrected chi connectivity index (χ3v) is 5.12. The van der Waals surface area contributed by atoms with E-state index in [1.165, 1.54) is 7.11 Å². The number of hydrogen-bond acceptors (Lipinski definition) is 3. The van der Waals surface area contributed by atoms with Crippen LogP contribution < -0.4 is 0 Å². The number of esters is 1. The largest absolute Gasteiger partial charge is 0.465 e. The summed E-state index contributed by atoms with van der Waals surface area (Å²) < 4.78 is 10.3. The zero-order chi connectivity index (χ0) is 19.0. The van der Waals surface area contributed by atoms with E-state index in [0.29, 0.717) is 17.0 Å². The fourth-order valence-electron chi connectivity index (χ4n) is 3.33. The van der Waals surface area contributed by atoms with E-state index in [0.717, 1.165) is 39.0 Å². The van der Waals surface area contributed by atoms with Crippen molar-refractivity contribution >= 4 is 28.5 Å². The number of hydrogen-bond donors (Lipinski definition) is 1. The predicted octanol–water partition coefficient (Wildman–Crippen LogP) is 5.77. The molecule has 0 saturated carbocycles. The standard InChI is InChI=1S/C22H18ClNO3/c1-13-17(18-11-16(22(25)26-2)7-8-20(18)24-13)10-14-5-6-15(12-19(14)23)21-4-3-9-27-21/h3-9,11-12,24H,10H2,1-2H3. The van der Waals surface area contributed by atoms with Crippen molar-refractivity contribution in [3.8, 4) is 11.3 Å². The van der Waals surface area contributed by atoms with Crippen molar-refractivity contribution < 1.29 is 13.9 Å². The molecular formula is C22H18ClNO3. The van der Waals surface area contributed by atoms with E-state index in [1.807, 2.05) is 49.4 Å². The van der Waals surface area contributed by atoms with Gasteiger partial charge in [0, 0.05) is 33.6 Å². The second-order valence-electron chi connectivity index (χ2n) is 6.44. The van der Waals surface area contributed by atoms with Crippen molar-refractivity contribution in [3.63, 3.8) is 0 Å². The molecule has 0 aliphatic carbocycles. The second-order valence-corrected chi connectivity index (χ2v) is 6.85. The summed E-state index contributed by atoms with van der Waals surface area (Å²) in [5.41, 5.74) is 5.64. The number of aryl methyl sites for hydroxylation is 1. The molecule has 0 unspecified atom stereocenters. The Morgan fingerprint density at radius 2 is 2.04 bits per heavy atom. The minimum atomic E-state index is -0.345. The average Bonchev–Trinajstić information content (AvgIpc) is 3.31. The van der Waals surface area contributed by atoms with Crippen LogP contribution in [0.3, 0.4) is 0 Å². The maximum Gasteiger partial charge on any atom is 0.337 e. The minimum Gasteiger partial charge on any atom is -0.465 e. The highest BCUT2D eigenvalue weighted by Crippen LogP contribution is 2.31. The molecule has 1 N–H and O–H groups in total. The average molecular weight is 380 g/mol. The first kappa shape index (κ1) is 17.4. The van der Waals surface area contributed by atoms with Gasteiger partial charge < -0.3 is 14.1 Å². The third-order valence-electron chi connectivity index (χ3n) is 4.77. The van der Waals surface area contributed by atoms with Crippen LogP contribution in [0.25, 0.3) is 22.2 Å². The number of aromatic amines is 1. The number of methoxy groups -OCH3 is 1. The number of benzene rings is 2. The summed E-state index contributed by atoms with van der Waals surface area (Å²) in [4.78, 5) is 15.2. The summed E-state index contributed by atoms with van der Waals surface area (Å²) in [7, 11) is 1.39. The Hall–Kier alpha value is -2.98. The van der Waals surface area contributed by atoms with Crippen molar-refractivity contribution in [1.82, 2.24) is 4.98 Å². The summed E-state index contributed by atoms with van der Waals surface area (Å²) >= 11 is 6.54. The topological polar surface area (TPSA) is 55.2 Å². The van der Waals surface area contributed by atoms with Gasteiger partial charge in [-0.05, 0) is 54.4 Å². The fraction of sp³-hybridized carbons (Fsp3) is 0.136. The molecule has 136 valence electrons. The molecule has 0 aliphatic heterocycles. The molecule has 0 aliphatic rings. The van der Waals surface area contributed by atoms with Crippen LogP contribution in [0.15, 0.2) is 59.2 Å². The molecule has 27 heavy (non-hydrogen) atoms. The number of rotatable bonds is 4. The monoisotopic (exact) mass is 379 g/mol. The van der Waals surface area contributed by atoms with Crippen molar-refractivity contribution in [2.75, 3.05) is 7.11 Å². The number of carbonyl (C=O) groups is 1. The molecule has 4 rings (SSSR count). The number of H-pyrrole nitrogens is 1. The van der Waals surface area contributed by atoms with Crippen LogP contribution in [-0.4, -0.2) is 18.1 Å². The molecule has 0 radical (unpaired) electrons. The summed E-state index contributed by atoms with van der Waals surface area (Å²) in [6.45, 7) is 2.03. The van der Waals surface area contributed by atoms with Crippen molar-refractivity contribution in [2.24, 2.45) is 0 Å². The highest BCUT2D eigenvalue weighted by molar-refractivity contribution is 6.31. The van der Waals surface area contributed by atoms with Crippen LogP contribution in [0.4, 0.5) is 0 Å². The first-order valence-corrected chi connectivity index (χ1v) is 8.96. The molecule has 0 saturated heterocycles. The number of furan rings is 1. The Morgan fingerprint density at radius 3 is 2.74 bits per heavy atom. The molecular weight excluding hydrogens is 362 g/mol. The molecule has 0 atom stereocenters. The molecule has 5 heteroatoms. The molecule has 4 aromatic rings. The maximum atomic E-state index is 11.9. The zero-order valence-corrected chi connectivity index (χ0v) is 15.8. The first-order chi connectivity index (χ1) is 13.1. The van der Waals surface area contributed by atoms with Crippen molar-refractivity contribution in [1.29, 1.82) is 0 Å². The van der Waals surface area contributed by atoms with Gasteiger partial charge in [0.15, 0.2) is 0 Å². The number of nitrogens with one attached hydrogen (secondary N) is 1. The summed E-state index contributed by atoms with van der Waals surface area (Å²) in [6.07, 6.45) is 2.30. The maximum absolute atomic E-state index is 11.9. The lowest BCUT2D eigenvalue weighted by atomic mass is 9.99. The van der Waals surface area contributed by atoms with Gasteiger partial charge in [-0.2, -0.15) is 0 Å². The van der Waals surface area contributed by atoms with Gasteiger partial charge in [-0.25, -0.2) is 4.79 Å². The predicted molar refractivity (Wildman–Crippen MR) is 106 cm³/mol. The smallest absolute Gasteiger partial charge is 0.337 e. The van der Waals surface area contributed by atoms with Crippen LogP contribution in [-0.2, 0) is 11.2 Å². The zero-order valence-electron chi connectivity index (χ0n) is 15.0. The quantitative estimate of drug-likeness (QED) is 0.458. The van der Waals surface area contributed by atoms with Crippen molar-refractivity contribution in [3.05, 3.63) is 82.2 Å². The van der Waals surface area contributed by atoms with Crippen LogP contribution >= 0.6 is 11.6 Å². The molecule has 2 aromatic carbocycles. The first-order valence-electron chi connectivity index (χ1n) is 8.58. The number of carbonyl (C=O) groups excluding carboxylic acids is 1. The van der Waals surface area contributed by atoms with E-state index in [-0.39, 0.29) is 5.97 Å². The Balaban J connectivity index is 1.72. The Bertz CT molecular complexity index is 1130. The van der Waals surface area contributed by atoms with E-state index in [9.17, 15) is 4.79 Å². The van der Waals surface area contributed by atoms with E-state index in [4.69, 9.17) is 20.8 Å². The lowest BCUT2D eigenvalue weighted by Crippen LogP contribution is -2.00. The van der Waals surface area contributed by atoms with Crippen LogP contribution in [0.2, 0.25) is 5.02 Å². The SMILES string of the molecule is COC(=O)c1ccc2[nH]c(C)c(Cc3ccc(-c4ccco4)cc3Cl)c2c1. The molecule has 0 fully saturated rings. The van der Waals surface area contributed by atoms with E-state index in [2.05, 4.69) is 4.98 Å². The Morgan fingerprint density at radius 1 is 1.19 bits per heavy atom. The van der Waals surface area contributed by atoms with Gasteiger partial charge in [0.25, 0.3) is 0 Å². The number of fused-ring (bicyclic) bond motifs is 1. The van der Waals surface area contributed by atoms with E-state index < -0.39 is 0 Å². The molecule has 2 aromatic heterocycles. The molecule has 0 amide bonds. The normalized spacial score (nSPS) is 11.1. The number of halogens is 1. The molecule has 2 heterocycles. The van der Waals surface area contributed by atoms with Crippen LogP contribution in [0, 0.1) is 6.92 Å². The summed E-state index contributed by atoms with van der Waals surface area (Å²) in [5, 5.41) is 1.68. The Labute approximate surface area is 161 Å². The van der Waals surface area contributed by atoms with Gasteiger partial charge >= 0.3 is 5.97 Å². The van der Waals surface area contributed by atoms with Gasteiger partial charge in [-0.15, -0.1) is 0 Å². The lowest BCUT2D eigenvalue weighted by molar-refractivity contribution is 0.0601. The lowest BCUT2D eigenvalue weighted by Gasteiger charge is -2.07. The highest BCUT2D eigenvalue weighted by Gasteiger charge is 2.14. The number of ether oxygens (including phenoxy) is 1. The van der Waals surface area contributed by atoms with Gasteiger partial charge in [0.2, 0.25) is 0 Å². The molecule has 0 spiro atoms. The van der Waals surface area contributed by atoms with Gasteiger partial charge in [-0.3, -0.25) is 0 Å². The van der Waals surface area contributed by atoms with Crippen LogP contribution in [0.5, 0.6) is 0 Å².